The molecule has 190 valence electrons. The van der Waals surface area contributed by atoms with Gasteiger partial charge in [0.25, 0.3) is 0 Å². The molecule has 0 spiro atoms. The molecule has 0 aliphatic heterocycles. The molecule has 5 aromatic heterocycles. The molecule has 5 heterocycles. The summed E-state index contributed by atoms with van der Waals surface area (Å²) >= 11 is 0. The fourth-order valence-electron chi connectivity index (χ4n) is 7.18. The van der Waals surface area contributed by atoms with Gasteiger partial charge in [0.15, 0.2) is 5.65 Å². The van der Waals surface area contributed by atoms with Crippen molar-refractivity contribution in [2.45, 2.75) is 6.42 Å². The molecule has 0 fully saturated rings. The van der Waals surface area contributed by atoms with Gasteiger partial charge in [0.1, 0.15) is 5.65 Å². The number of nitrogens with zero attached hydrogens (tertiary/aromatic N) is 5. The summed E-state index contributed by atoms with van der Waals surface area (Å²) in [6.45, 7) is 0. The second-order valence-corrected chi connectivity index (χ2v) is 10.9. The van der Waals surface area contributed by atoms with Crippen molar-refractivity contribution in [1.29, 1.82) is 0 Å². The van der Waals surface area contributed by atoms with E-state index in [1.165, 1.54) is 44.1 Å². The maximum Gasteiger partial charge on any atom is 0.178 e. The minimum atomic E-state index is 0.744. The van der Waals surface area contributed by atoms with E-state index < -0.39 is 0 Å². The Morgan fingerprint density at radius 1 is 0.610 bits per heavy atom. The van der Waals surface area contributed by atoms with Crippen molar-refractivity contribution in [1.82, 2.24) is 23.9 Å². The highest BCUT2D eigenvalue weighted by molar-refractivity contribution is 6.22. The molecular weight excluding hydrogens is 502 g/mol. The largest absolute Gasteiger partial charge is 0.309 e. The summed E-state index contributed by atoms with van der Waals surface area (Å²) in [6.07, 6.45) is 6.57. The number of para-hydroxylation sites is 1. The predicted molar refractivity (Wildman–Crippen MR) is 166 cm³/mol. The third-order valence-corrected chi connectivity index (χ3v) is 8.87. The van der Waals surface area contributed by atoms with Gasteiger partial charge in [-0.05, 0) is 82.6 Å². The maximum absolute atomic E-state index is 5.07. The average molecular weight is 524 g/mol. The van der Waals surface area contributed by atoms with Crippen molar-refractivity contribution in [3.63, 3.8) is 0 Å². The van der Waals surface area contributed by atoms with Gasteiger partial charge >= 0.3 is 0 Å². The fourth-order valence-corrected chi connectivity index (χ4v) is 7.18. The summed E-state index contributed by atoms with van der Waals surface area (Å²) in [5.74, 6) is 0. The van der Waals surface area contributed by atoms with E-state index in [0.717, 1.165) is 50.6 Å². The molecule has 0 saturated heterocycles. The van der Waals surface area contributed by atoms with E-state index in [2.05, 4.69) is 110 Å². The first-order valence-electron chi connectivity index (χ1n) is 13.9. The minimum absolute atomic E-state index is 0.744. The monoisotopic (exact) mass is 523 g/mol. The summed E-state index contributed by atoms with van der Waals surface area (Å²) in [7, 11) is 0. The molecule has 0 unspecified atom stereocenters. The Hall–Kier alpha value is -5.55. The molecule has 10 rings (SSSR count). The Bertz CT molecular complexity index is 2550. The molecule has 0 radical (unpaired) electrons. The van der Waals surface area contributed by atoms with Gasteiger partial charge in [-0.2, -0.15) is 0 Å². The number of aromatic nitrogens is 5. The lowest BCUT2D eigenvalue weighted by Crippen LogP contribution is -1.95. The van der Waals surface area contributed by atoms with E-state index in [9.17, 15) is 0 Å². The van der Waals surface area contributed by atoms with E-state index in [0.29, 0.717) is 0 Å². The van der Waals surface area contributed by atoms with Crippen LogP contribution in [0.3, 0.4) is 0 Å². The van der Waals surface area contributed by atoms with Crippen molar-refractivity contribution >= 4 is 60.3 Å². The molecule has 1 aliphatic carbocycles. The summed E-state index contributed by atoms with van der Waals surface area (Å²) in [4.78, 5) is 14.2. The summed E-state index contributed by atoms with van der Waals surface area (Å²) in [6, 6.07) is 35.1. The highest BCUT2D eigenvalue weighted by Crippen LogP contribution is 2.46. The van der Waals surface area contributed by atoms with Gasteiger partial charge in [0.2, 0.25) is 0 Å². The smallest absolute Gasteiger partial charge is 0.178 e. The Morgan fingerprint density at radius 3 is 2.46 bits per heavy atom. The van der Waals surface area contributed by atoms with Crippen molar-refractivity contribution in [2.24, 2.45) is 0 Å². The molecule has 0 atom stereocenters. The number of rotatable bonds is 1. The van der Waals surface area contributed by atoms with Crippen molar-refractivity contribution in [3.8, 4) is 16.8 Å². The minimum Gasteiger partial charge on any atom is -0.309 e. The van der Waals surface area contributed by atoms with Gasteiger partial charge in [-0.25, -0.2) is 9.97 Å². The van der Waals surface area contributed by atoms with Crippen LogP contribution in [-0.2, 0) is 6.42 Å². The second kappa shape index (κ2) is 7.55. The molecule has 4 aromatic carbocycles. The molecule has 5 nitrogen and oxygen atoms in total. The molecule has 41 heavy (non-hydrogen) atoms. The number of pyridine rings is 3. The second-order valence-electron chi connectivity index (χ2n) is 10.9. The van der Waals surface area contributed by atoms with Gasteiger partial charge in [-0.1, -0.05) is 48.5 Å². The third kappa shape index (κ3) is 2.68. The van der Waals surface area contributed by atoms with Gasteiger partial charge in [0, 0.05) is 39.6 Å². The SMILES string of the molecule is c1ccc(-n2c3cc4c5ccncc5n5c6cccnc6nc5c4cc3c3c4c(ccc32)-c2ccccc2C4)cc1. The van der Waals surface area contributed by atoms with Crippen LogP contribution in [0.4, 0.5) is 0 Å². The van der Waals surface area contributed by atoms with Crippen LogP contribution in [0.25, 0.3) is 77.1 Å². The van der Waals surface area contributed by atoms with E-state index in [1.54, 1.807) is 0 Å². The molecule has 0 N–H and O–H groups in total. The lowest BCUT2D eigenvalue weighted by Gasteiger charge is -2.11. The Kier molecular flexibility index (Phi) is 3.92. The van der Waals surface area contributed by atoms with Gasteiger partial charge < -0.3 is 4.57 Å². The van der Waals surface area contributed by atoms with Crippen LogP contribution in [0.5, 0.6) is 0 Å². The Balaban J connectivity index is 1.45. The van der Waals surface area contributed by atoms with Gasteiger partial charge in [-0.15, -0.1) is 0 Å². The van der Waals surface area contributed by atoms with Crippen molar-refractivity contribution < 1.29 is 0 Å². The molecule has 1 aliphatic rings. The lowest BCUT2D eigenvalue weighted by atomic mass is 9.99. The van der Waals surface area contributed by atoms with Crippen LogP contribution in [-0.4, -0.2) is 23.9 Å². The van der Waals surface area contributed by atoms with Crippen LogP contribution in [0.1, 0.15) is 11.1 Å². The first-order valence-corrected chi connectivity index (χ1v) is 13.9. The first kappa shape index (κ1) is 21.3. The van der Waals surface area contributed by atoms with Crippen molar-refractivity contribution in [2.75, 3.05) is 0 Å². The number of fused-ring (bicyclic) bond motifs is 15. The average Bonchev–Trinajstić information content (AvgIpc) is 3.70. The fraction of sp³-hybridized carbons (Fsp3) is 0.0278. The molecular formula is C36H21N5. The quantitative estimate of drug-likeness (QED) is 0.204. The van der Waals surface area contributed by atoms with Crippen LogP contribution >= 0.6 is 0 Å². The zero-order valence-electron chi connectivity index (χ0n) is 21.9. The van der Waals surface area contributed by atoms with Crippen LogP contribution in [0.2, 0.25) is 0 Å². The highest BCUT2D eigenvalue weighted by atomic mass is 15.1. The van der Waals surface area contributed by atoms with Crippen LogP contribution in [0.15, 0.2) is 116 Å². The zero-order chi connectivity index (χ0) is 26.7. The van der Waals surface area contributed by atoms with E-state index in [1.807, 2.05) is 24.7 Å². The van der Waals surface area contributed by atoms with Crippen LogP contribution in [0, 0.1) is 0 Å². The van der Waals surface area contributed by atoms with E-state index in [4.69, 9.17) is 4.98 Å². The maximum atomic E-state index is 5.07. The van der Waals surface area contributed by atoms with Crippen molar-refractivity contribution in [3.05, 3.63) is 127 Å². The predicted octanol–water partition coefficient (Wildman–Crippen LogP) is 8.25. The first-order chi connectivity index (χ1) is 20.3. The number of hydrogen-bond donors (Lipinski definition) is 0. The topological polar surface area (TPSA) is 48.0 Å². The molecule has 0 saturated carbocycles. The molecule has 0 amide bonds. The summed E-state index contributed by atoms with van der Waals surface area (Å²) in [5.41, 5.74) is 12.7. The number of benzene rings is 4. The van der Waals surface area contributed by atoms with Gasteiger partial charge in [0.05, 0.1) is 28.3 Å². The third-order valence-electron chi connectivity index (χ3n) is 8.87. The standard InChI is InChI=1S/C36H21N5/c1-2-8-22(9-3-1)40-30-13-12-24-23-10-5-4-7-21(23)17-27(24)34(30)29-18-28-26(19-32(29)40)25-14-16-37-20-33(25)41-31-11-6-15-38-35(31)39-36(28)41/h1-16,18-20H,17H2. The zero-order valence-corrected chi connectivity index (χ0v) is 21.9. The highest BCUT2D eigenvalue weighted by Gasteiger charge is 2.25. The normalized spacial score (nSPS) is 12.8. The molecule has 9 aromatic rings. The molecule has 0 bridgehead atoms. The summed E-state index contributed by atoms with van der Waals surface area (Å²) in [5, 5.41) is 6.00. The summed E-state index contributed by atoms with van der Waals surface area (Å²) < 4.78 is 4.64. The van der Waals surface area contributed by atoms with E-state index in [-0.39, 0.29) is 0 Å². The molecule has 5 heteroatoms. The Labute approximate surface area is 234 Å². The van der Waals surface area contributed by atoms with E-state index >= 15 is 0 Å². The lowest BCUT2D eigenvalue weighted by molar-refractivity contribution is 1.18. The number of imidazole rings is 1. The number of hydrogen-bond acceptors (Lipinski definition) is 3. The Morgan fingerprint density at radius 2 is 1.51 bits per heavy atom. The van der Waals surface area contributed by atoms with Gasteiger partial charge in [-0.3, -0.25) is 9.38 Å². The van der Waals surface area contributed by atoms with Crippen LogP contribution < -0.4 is 0 Å².